The van der Waals surface area contributed by atoms with Crippen LogP contribution in [-0.2, 0) is 21.4 Å². The first-order chi connectivity index (χ1) is 12.9. The van der Waals surface area contributed by atoms with Crippen LogP contribution in [-0.4, -0.2) is 35.9 Å². The highest BCUT2D eigenvalue weighted by molar-refractivity contribution is 5.76. The molecule has 6 heteroatoms. The second-order valence-corrected chi connectivity index (χ2v) is 8.34. The average molecular weight is 371 g/mol. The highest BCUT2D eigenvalue weighted by Gasteiger charge is 2.70. The Hall–Kier alpha value is -2.05. The number of hydrogen-bond donors (Lipinski definition) is 2. The Balaban J connectivity index is 1.71. The molecule has 1 fully saturated rings. The predicted octanol–water partition coefficient (Wildman–Crippen LogP) is 1.96. The van der Waals surface area contributed by atoms with Gasteiger partial charge in [-0.2, -0.15) is 0 Å². The topological polar surface area (TPSA) is 91.0 Å². The van der Waals surface area contributed by atoms with Crippen LogP contribution in [0.25, 0.3) is 0 Å². The van der Waals surface area contributed by atoms with Gasteiger partial charge in [-0.3, -0.25) is 0 Å². The Labute approximate surface area is 158 Å². The molecule has 5 atom stereocenters. The van der Waals surface area contributed by atoms with E-state index < -0.39 is 29.1 Å². The van der Waals surface area contributed by atoms with Crippen LogP contribution in [0.3, 0.4) is 0 Å². The summed E-state index contributed by atoms with van der Waals surface area (Å²) in [5, 5.41) is 11.9. The molecule has 1 heterocycles. The summed E-state index contributed by atoms with van der Waals surface area (Å²) in [6, 6.07) is 3.30. The Morgan fingerprint density at radius 3 is 3.00 bits per heavy atom. The van der Waals surface area contributed by atoms with Crippen molar-refractivity contribution in [3.05, 3.63) is 35.1 Å². The molecule has 144 valence electrons. The second-order valence-electron chi connectivity index (χ2n) is 8.34. The van der Waals surface area contributed by atoms with E-state index in [1.807, 2.05) is 12.1 Å². The van der Waals surface area contributed by atoms with E-state index in [1.54, 1.807) is 14.0 Å². The molecule has 1 aromatic rings. The van der Waals surface area contributed by atoms with Gasteiger partial charge in [-0.1, -0.05) is 12.5 Å². The Kier molecular flexibility index (Phi) is 3.47. The first-order valence-electron chi connectivity index (χ1n) is 9.69. The fourth-order valence-electron chi connectivity index (χ4n) is 5.89. The van der Waals surface area contributed by atoms with Crippen molar-refractivity contribution in [2.75, 3.05) is 7.11 Å². The molecule has 1 aromatic carbocycles. The van der Waals surface area contributed by atoms with Crippen LogP contribution in [0.5, 0.6) is 11.5 Å². The Morgan fingerprint density at radius 1 is 1.44 bits per heavy atom. The van der Waals surface area contributed by atoms with Gasteiger partial charge >= 0.3 is 5.97 Å². The summed E-state index contributed by atoms with van der Waals surface area (Å²) in [4.78, 5) is 12.2. The molecule has 0 aromatic heterocycles. The maximum absolute atomic E-state index is 12.2. The van der Waals surface area contributed by atoms with Crippen molar-refractivity contribution in [2.45, 2.75) is 62.2 Å². The van der Waals surface area contributed by atoms with Gasteiger partial charge in [-0.25, -0.2) is 4.79 Å². The fourth-order valence-corrected chi connectivity index (χ4v) is 5.89. The molecular formula is C21H25NO5. The molecule has 0 unspecified atom stereocenters. The minimum Gasteiger partial charge on any atom is -0.493 e. The third-order valence-electron chi connectivity index (χ3n) is 7.06. The Morgan fingerprint density at radius 2 is 2.26 bits per heavy atom. The molecule has 1 spiro atoms. The van der Waals surface area contributed by atoms with Gasteiger partial charge in [0.05, 0.1) is 18.1 Å². The molecule has 0 amide bonds. The van der Waals surface area contributed by atoms with Crippen molar-refractivity contribution in [2.24, 2.45) is 11.7 Å². The number of ether oxygens (including phenoxy) is 3. The lowest BCUT2D eigenvalue weighted by Gasteiger charge is -2.59. The van der Waals surface area contributed by atoms with E-state index in [0.717, 1.165) is 31.2 Å². The summed E-state index contributed by atoms with van der Waals surface area (Å²) in [7, 11) is 1.62. The lowest BCUT2D eigenvalue weighted by molar-refractivity contribution is -0.160. The van der Waals surface area contributed by atoms with E-state index in [9.17, 15) is 9.90 Å². The van der Waals surface area contributed by atoms with Gasteiger partial charge in [-0.05, 0) is 56.2 Å². The zero-order chi connectivity index (χ0) is 19.0. The molecule has 1 saturated carbocycles. The molecule has 6 nitrogen and oxygen atoms in total. The SMILES string of the molecule is COc1ccc2c3c1O[C@H]1C(OC(=O)[C@H](C)N)=CC[C@@]4(O)[C@H](CCC[C@]314)C2. The number of carbonyl (C=O) groups is 1. The molecule has 27 heavy (non-hydrogen) atoms. The number of methoxy groups -OCH3 is 1. The maximum Gasteiger partial charge on any atom is 0.327 e. The van der Waals surface area contributed by atoms with Gasteiger partial charge in [0.25, 0.3) is 0 Å². The number of rotatable bonds is 3. The number of benzene rings is 1. The number of nitrogens with two attached hydrogens (primary N) is 1. The van der Waals surface area contributed by atoms with Gasteiger partial charge < -0.3 is 25.1 Å². The zero-order valence-corrected chi connectivity index (χ0v) is 15.7. The lowest BCUT2D eigenvalue weighted by Crippen LogP contribution is -2.67. The van der Waals surface area contributed by atoms with Crippen molar-refractivity contribution in [1.29, 1.82) is 0 Å². The lowest BCUT2D eigenvalue weighted by atomic mass is 9.47. The molecule has 2 bridgehead atoms. The maximum atomic E-state index is 12.2. The molecule has 0 radical (unpaired) electrons. The largest absolute Gasteiger partial charge is 0.493 e. The van der Waals surface area contributed by atoms with E-state index in [4.69, 9.17) is 19.9 Å². The van der Waals surface area contributed by atoms with Crippen molar-refractivity contribution < 1.29 is 24.1 Å². The highest BCUT2D eigenvalue weighted by Crippen LogP contribution is 2.67. The van der Waals surface area contributed by atoms with E-state index in [0.29, 0.717) is 23.7 Å². The predicted molar refractivity (Wildman–Crippen MR) is 97.5 cm³/mol. The van der Waals surface area contributed by atoms with Crippen LogP contribution in [0, 0.1) is 5.92 Å². The molecule has 0 saturated heterocycles. The molecule has 3 aliphatic carbocycles. The monoisotopic (exact) mass is 371 g/mol. The first kappa shape index (κ1) is 17.1. The van der Waals surface area contributed by atoms with Crippen LogP contribution < -0.4 is 15.2 Å². The normalized spacial score (nSPS) is 36.2. The molecule has 3 N–H and O–H groups in total. The number of hydrogen-bond acceptors (Lipinski definition) is 6. The van der Waals surface area contributed by atoms with Crippen LogP contribution in [0.2, 0.25) is 0 Å². The fraction of sp³-hybridized carbons (Fsp3) is 0.571. The first-order valence-corrected chi connectivity index (χ1v) is 9.69. The smallest absolute Gasteiger partial charge is 0.327 e. The molecule has 5 rings (SSSR count). The van der Waals surface area contributed by atoms with Crippen LogP contribution in [0.15, 0.2) is 24.0 Å². The Bertz CT molecular complexity index is 862. The summed E-state index contributed by atoms with van der Waals surface area (Å²) in [5.74, 6) is 1.49. The van der Waals surface area contributed by atoms with Crippen LogP contribution in [0.4, 0.5) is 0 Å². The number of aliphatic hydroxyl groups is 1. The summed E-state index contributed by atoms with van der Waals surface area (Å²) in [6.45, 7) is 1.60. The van der Waals surface area contributed by atoms with Crippen molar-refractivity contribution in [1.82, 2.24) is 0 Å². The van der Waals surface area contributed by atoms with E-state index in [1.165, 1.54) is 5.56 Å². The minimum atomic E-state index is -0.898. The van der Waals surface area contributed by atoms with E-state index >= 15 is 0 Å². The molecular weight excluding hydrogens is 346 g/mol. The van der Waals surface area contributed by atoms with Gasteiger partial charge in [0, 0.05) is 5.56 Å². The zero-order valence-electron chi connectivity index (χ0n) is 15.7. The molecule has 1 aliphatic heterocycles. The quantitative estimate of drug-likeness (QED) is 0.790. The van der Waals surface area contributed by atoms with Gasteiger partial charge in [0.15, 0.2) is 17.6 Å². The van der Waals surface area contributed by atoms with E-state index in [-0.39, 0.29) is 5.92 Å². The second kappa shape index (κ2) is 5.49. The third-order valence-corrected chi connectivity index (χ3v) is 7.06. The molecule has 4 aliphatic rings. The minimum absolute atomic E-state index is 0.172. The van der Waals surface area contributed by atoms with Gasteiger partial charge in [-0.15, -0.1) is 0 Å². The summed E-state index contributed by atoms with van der Waals surface area (Å²) >= 11 is 0. The van der Waals surface area contributed by atoms with E-state index in [2.05, 4.69) is 6.07 Å². The summed E-state index contributed by atoms with van der Waals surface area (Å²) < 4.78 is 17.6. The van der Waals surface area contributed by atoms with Crippen LogP contribution >= 0.6 is 0 Å². The number of carbonyl (C=O) groups excluding carboxylic acids is 1. The van der Waals surface area contributed by atoms with Crippen molar-refractivity contribution in [3.8, 4) is 11.5 Å². The summed E-state index contributed by atoms with van der Waals surface area (Å²) in [5.41, 5.74) is 6.46. The van der Waals surface area contributed by atoms with Gasteiger partial charge in [0.2, 0.25) is 0 Å². The van der Waals surface area contributed by atoms with Crippen molar-refractivity contribution >= 4 is 5.97 Å². The number of esters is 1. The standard InChI is InChI=1S/C21H25NO5/c1-11(22)19(23)26-15-7-9-21(24)13-4-3-8-20(21)16-12(10-13)5-6-14(25-2)17(16)27-18(15)20/h5-7,11,13,18,24H,3-4,8-10,22H2,1-2H3/t11-,13+,18-,20-,21+/m0/s1. The third kappa shape index (κ3) is 1.95. The van der Waals surface area contributed by atoms with Crippen molar-refractivity contribution in [3.63, 3.8) is 0 Å². The average Bonchev–Trinajstić information content (AvgIpc) is 2.98. The van der Waals surface area contributed by atoms with Crippen LogP contribution in [0.1, 0.15) is 43.7 Å². The highest BCUT2D eigenvalue weighted by atomic mass is 16.6. The van der Waals surface area contributed by atoms with Gasteiger partial charge in [0.1, 0.15) is 11.8 Å². The summed E-state index contributed by atoms with van der Waals surface area (Å²) in [6.07, 6.45) is 5.38.